The Kier molecular flexibility index (Phi) is 6.28. The minimum absolute atomic E-state index is 0.112. The number of hydrogen-bond acceptors (Lipinski definition) is 3. The summed E-state index contributed by atoms with van der Waals surface area (Å²) in [6, 6.07) is 9.35. The number of para-hydroxylation sites is 1. The number of hydrogen-bond donors (Lipinski definition) is 2. The fraction of sp³-hybridized carbons (Fsp3) is 0.611. The summed E-state index contributed by atoms with van der Waals surface area (Å²) in [6.07, 6.45) is 2.47. The van der Waals surface area contributed by atoms with Crippen molar-refractivity contribution in [1.82, 2.24) is 10.2 Å². The van der Waals surface area contributed by atoms with E-state index in [2.05, 4.69) is 5.32 Å². The Bertz CT molecular complexity index is 494. The monoisotopic (exact) mass is 320 g/mol. The zero-order valence-electron chi connectivity index (χ0n) is 14.2. The summed E-state index contributed by atoms with van der Waals surface area (Å²) in [5.74, 6) is 0.988. The van der Waals surface area contributed by atoms with Crippen LogP contribution in [0.15, 0.2) is 30.3 Å². The third-order valence-corrected chi connectivity index (χ3v) is 4.59. The molecular weight excluding hydrogens is 292 g/mol. The zero-order chi connectivity index (χ0) is 16.8. The number of aliphatic hydroxyl groups is 1. The maximum Gasteiger partial charge on any atom is 0.317 e. The van der Waals surface area contributed by atoms with Crippen LogP contribution in [-0.4, -0.2) is 47.9 Å². The van der Waals surface area contributed by atoms with Gasteiger partial charge in [0.05, 0.1) is 12.1 Å². The molecule has 0 bridgehead atoms. The van der Waals surface area contributed by atoms with Crippen molar-refractivity contribution in [3.8, 4) is 5.75 Å². The molecule has 1 fully saturated rings. The first-order chi connectivity index (χ1) is 11.0. The topological polar surface area (TPSA) is 61.8 Å². The maximum absolute atomic E-state index is 12.3. The molecule has 2 amide bonds. The van der Waals surface area contributed by atoms with Gasteiger partial charge in [-0.3, -0.25) is 0 Å². The molecule has 0 radical (unpaired) electrons. The molecule has 1 aliphatic rings. The molecule has 0 saturated heterocycles. The third kappa shape index (κ3) is 5.13. The highest BCUT2D eigenvalue weighted by Crippen LogP contribution is 2.26. The number of benzene rings is 1. The molecule has 1 aromatic carbocycles. The first-order valence-electron chi connectivity index (χ1n) is 8.38. The Labute approximate surface area is 138 Å². The summed E-state index contributed by atoms with van der Waals surface area (Å²) < 4.78 is 5.83. The molecule has 0 heterocycles. The lowest BCUT2D eigenvalue weighted by Crippen LogP contribution is -2.48. The predicted octanol–water partition coefficient (Wildman–Crippen LogP) is 2.64. The van der Waals surface area contributed by atoms with Crippen LogP contribution in [0.4, 0.5) is 4.79 Å². The minimum atomic E-state index is -0.275. The molecular formula is C18H28N2O3. The van der Waals surface area contributed by atoms with Crippen molar-refractivity contribution >= 4 is 6.03 Å². The highest BCUT2D eigenvalue weighted by molar-refractivity contribution is 5.74. The Morgan fingerprint density at radius 2 is 2.04 bits per heavy atom. The summed E-state index contributed by atoms with van der Waals surface area (Å²) in [7, 11) is 1.77. The molecule has 23 heavy (non-hydrogen) atoms. The fourth-order valence-corrected chi connectivity index (χ4v) is 2.90. The molecule has 5 nitrogen and oxygen atoms in total. The van der Waals surface area contributed by atoms with Crippen LogP contribution in [0.3, 0.4) is 0 Å². The number of urea groups is 1. The molecule has 1 aliphatic carbocycles. The predicted molar refractivity (Wildman–Crippen MR) is 90.5 cm³/mol. The molecule has 2 N–H and O–H groups in total. The second-order valence-electron chi connectivity index (χ2n) is 6.51. The number of aliphatic hydroxyl groups excluding tert-OH is 1. The van der Waals surface area contributed by atoms with Crippen LogP contribution >= 0.6 is 0 Å². The van der Waals surface area contributed by atoms with Gasteiger partial charge >= 0.3 is 6.03 Å². The molecule has 0 spiro atoms. The smallest absolute Gasteiger partial charge is 0.317 e. The van der Waals surface area contributed by atoms with Crippen LogP contribution < -0.4 is 10.1 Å². The van der Waals surface area contributed by atoms with E-state index in [9.17, 15) is 9.90 Å². The standard InChI is InChI=1S/C18H28N2O3/c1-13(14(2)23-16-9-5-4-6-10-16)19-18(22)20(3)12-15-8-7-11-17(15)21/h4-6,9-10,13-15,17,21H,7-8,11-12H2,1-3H3,(H,19,22)/t13-,14+,15-,17+/m0/s1. The number of carbonyl (C=O) groups is 1. The maximum atomic E-state index is 12.3. The SMILES string of the molecule is C[C@H](NC(=O)N(C)C[C@@H]1CCC[C@H]1O)[C@@H](C)Oc1ccccc1. The summed E-state index contributed by atoms with van der Waals surface area (Å²) in [5, 5.41) is 12.8. The van der Waals surface area contributed by atoms with Gasteiger partial charge in [-0.2, -0.15) is 0 Å². The Morgan fingerprint density at radius 1 is 1.35 bits per heavy atom. The number of ether oxygens (including phenoxy) is 1. The van der Waals surface area contributed by atoms with Gasteiger partial charge in [-0.15, -0.1) is 0 Å². The molecule has 5 heteroatoms. The van der Waals surface area contributed by atoms with E-state index < -0.39 is 0 Å². The van der Waals surface area contributed by atoms with Gasteiger partial charge in [-0.25, -0.2) is 4.79 Å². The largest absolute Gasteiger partial charge is 0.489 e. The first kappa shape index (κ1) is 17.6. The van der Waals surface area contributed by atoms with E-state index in [0.29, 0.717) is 6.54 Å². The summed E-state index contributed by atoms with van der Waals surface area (Å²) in [6.45, 7) is 4.47. The number of amides is 2. The molecule has 4 atom stereocenters. The highest BCUT2D eigenvalue weighted by atomic mass is 16.5. The van der Waals surface area contributed by atoms with E-state index in [0.717, 1.165) is 25.0 Å². The van der Waals surface area contributed by atoms with Gasteiger partial charge < -0.3 is 20.1 Å². The Morgan fingerprint density at radius 3 is 2.65 bits per heavy atom. The average molecular weight is 320 g/mol. The van der Waals surface area contributed by atoms with Gasteiger partial charge in [-0.05, 0) is 38.8 Å². The van der Waals surface area contributed by atoms with Crippen LogP contribution in [0.5, 0.6) is 5.75 Å². The van der Waals surface area contributed by atoms with Gasteiger partial charge in [0.15, 0.2) is 0 Å². The van der Waals surface area contributed by atoms with Gasteiger partial charge in [0.1, 0.15) is 11.9 Å². The third-order valence-electron chi connectivity index (χ3n) is 4.59. The van der Waals surface area contributed by atoms with Crippen LogP contribution in [0.1, 0.15) is 33.1 Å². The van der Waals surface area contributed by atoms with Crippen LogP contribution in [0.25, 0.3) is 0 Å². The van der Waals surface area contributed by atoms with Crippen molar-refractivity contribution in [2.45, 2.75) is 51.4 Å². The van der Waals surface area contributed by atoms with E-state index >= 15 is 0 Å². The molecule has 1 aromatic rings. The number of carbonyl (C=O) groups excluding carboxylic acids is 1. The van der Waals surface area contributed by atoms with Crippen LogP contribution in [0, 0.1) is 5.92 Å². The zero-order valence-corrected chi connectivity index (χ0v) is 14.2. The van der Waals surface area contributed by atoms with E-state index in [-0.39, 0.29) is 30.2 Å². The lowest BCUT2D eigenvalue weighted by molar-refractivity contribution is 0.111. The lowest BCUT2D eigenvalue weighted by atomic mass is 10.1. The van der Waals surface area contributed by atoms with E-state index in [4.69, 9.17) is 4.74 Å². The Hall–Kier alpha value is -1.75. The van der Waals surface area contributed by atoms with Gasteiger partial charge in [0, 0.05) is 19.5 Å². The number of nitrogens with one attached hydrogen (secondary N) is 1. The van der Waals surface area contributed by atoms with Crippen molar-refractivity contribution in [3.63, 3.8) is 0 Å². The molecule has 2 rings (SSSR count). The van der Waals surface area contributed by atoms with Crippen LogP contribution in [-0.2, 0) is 0 Å². The average Bonchev–Trinajstić information content (AvgIpc) is 2.93. The highest BCUT2D eigenvalue weighted by Gasteiger charge is 2.28. The quantitative estimate of drug-likeness (QED) is 0.847. The second-order valence-corrected chi connectivity index (χ2v) is 6.51. The minimum Gasteiger partial charge on any atom is -0.489 e. The van der Waals surface area contributed by atoms with Crippen molar-refractivity contribution in [2.24, 2.45) is 5.92 Å². The summed E-state index contributed by atoms with van der Waals surface area (Å²) in [4.78, 5) is 13.9. The number of rotatable bonds is 6. The van der Waals surface area contributed by atoms with E-state index in [1.165, 1.54) is 0 Å². The van der Waals surface area contributed by atoms with Gasteiger partial charge in [0.25, 0.3) is 0 Å². The molecule has 0 aromatic heterocycles. The number of nitrogens with zero attached hydrogens (tertiary/aromatic N) is 1. The molecule has 1 saturated carbocycles. The molecule has 0 unspecified atom stereocenters. The second kappa shape index (κ2) is 8.20. The van der Waals surface area contributed by atoms with Crippen molar-refractivity contribution < 1.29 is 14.6 Å². The van der Waals surface area contributed by atoms with E-state index in [1.54, 1.807) is 11.9 Å². The molecule has 128 valence electrons. The van der Waals surface area contributed by atoms with Gasteiger partial charge in [0.2, 0.25) is 0 Å². The molecule has 0 aliphatic heterocycles. The van der Waals surface area contributed by atoms with Crippen molar-refractivity contribution in [1.29, 1.82) is 0 Å². The van der Waals surface area contributed by atoms with Crippen molar-refractivity contribution in [3.05, 3.63) is 30.3 Å². The lowest BCUT2D eigenvalue weighted by Gasteiger charge is -2.27. The van der Waals surface area contributed by atoms with Crippen molar-refractivity contribution in [2.75, 3.05) is 13.6 Å². The van der Waals surface area contributed by atoms with Crippen LogP contribution in [0.2, 0.25) is 0 Å². The fourth-order valence-electron chi connectivity index (χ4n) is 2.90. The normalized spacial score (nSPS) is 23.1. The Balaban J connectivity index is 1.78. The van der Waals surface area contributed by atoms with E-state index in [1.807, 2.05) is 44.2 Å². The first-order valence-corrected chi connectivity index (χ1v) is 8.38. The summed E-state index contributed by atoms with van der Waals surface area (Å²) >= 11 is 0. The summed E-state index contributed by atoms with van der Waals surface area (Å²) in [5.41, 5.74) is 0. The van der Waals surface area contributed by atoms with Gasteiger partial charge in [-0.1, -0.05) is 24.6 Å².